The summed E-state index contributed by atoms with van der Waals surface area (Å²) < 4.78 is 29.3. The van der Waals surface area contributed by atoms with E-state index in [0.717, 1.165) is 6.20 Å². The van der Waals surface area contributed by atoms with Crippen molar-refractivity contribution in [3.8, 4) is 0 Å². The smallest absolute Gasteiger partial charge is 0.269 e. The second-order valence-electron chi connectivity index (χ2n) is 7.57. The van der Waals surface area contributed by atoms with Gasteiger partial charge in [-0.3, -0.25) is 14.2 Å². The maximum absolute atomic E-state index is 12.7. The van der Waals surface area contributed by atoms with Crippen LogP contribution in [0, 0.1) is 0 Å². The number of para-hydroxylation sites is 3. The molecule has 2 aromatic carbocycles. The monoisotopic (exact) mass is 414 g/mol. The lowest BCUT2D eigenvalue weighted by molar-refractivity contribution is -0.116. The summed E-state index contributed by atoms with van der Waals surface area (Å²) in [5, 5.41) is 2.60. The summed E-state index contributed by atoms with van der Waals surface area (Å²) in [6.07, 6.45) is 1.15. The van der Waals surface area contributed by atoms with Crippen LogP contribution in [0.1, 0.15) is 20.8 Å². The third-order valence-corrected chi connectivity index (χ3v) is 5.76. The van der Waals surface area contributed by atoms with Gasteiger partial charge in [0, 0.05) is 5.54 Å². The number of carbonyl (C=O) groups excluding carboxylic acids is 1. The molecule has 2 N–H and O–H groups in total. The fourth-order valence-electron chi connectivity index (χ4n) is 2.87. The number of nitrogens with one attached hydrogen (secondary N) is 2. The third kappa shape index (κ3) is 4.87. The van der Waals surface area contributed by atoms with Crippen LogP contribution in [0.25, 0.3) is 11.0 Å². The number of sulfonamides is 1. The summed E-state index contributed by atoms with van der Waals surface area (Å²) >= 11 is 0. The third-order valence-electron chi connectivity index (χ3n) is 3.95. The van der Waals surface area contributed by atoms with E-state index in [0.29, 0.717) is 11.0 Å². The van der Waals surface area contributed by atoms with Gasteiger partial charge in [0.2, 0.25) is 15.9 Å². The fraction of sp³-hybridized carbons (Fsp3) is 0.250. The Bertz CT molecular complexity index is 1230. The van der Waals surface area contributed by atoms with Crippen LogP contribution in [-0.2, 0) is 21.4 Å². The molecular formula is C20H22N4O4S. The summed E-state index contributed by atoms with van der Waals surface area (Å²) in [6, 6.07) is 13.1. The summed E-state index contributed by atoms with van der Waals surface area (Å²) in [4.78, 5) is 28.9. The van der Waals surface area contributed by atoms with Crippen LogP contribution in [0.3, 0.4) is 0 Å². The lowest BCUT2D eigenvalue weighted by atomic mass is 10.1. The van der Waals surface area contributed by atoms with Crippen molar-refractivity contribution in [2.45, 2.75) is 37.8 Å². The number of fused-ring (bicyclic) bond motifs is 1. The van der Waals surface area contributed by atoms with Gasteiger partial charge in [-0.1, -0.05) is 24.3 Å². The number of hydrogen-bond acceptors (Lipinski definition) is 5. The van der Waals surface area contributed by atoms with Crippen molar-refractivity contribution in [2.75, 3.05) is 5.32 Å². The average molecular weight is 414 g/mol. The average Bonchev–Trinajstić information content (AvgIpc) is 2.62. The molecule has 0 fully saturated rings. The molecule has 1 aromatic heterocycles. The van der Waals surface area contributed by atoms with Gasteiger partial charge in [0.15, 0.2) is 0 Å². The molecule has 0 bridgehead atoms. The highest BCUT2D eigenvalue weighted by molar-refractivity contribution is 7.89. The molecule has 0 saturated heterocycles. The number of hydrogen-bond donors (Lipinski definition) is 2. The zero-order chi connectivity index (χ0) is 21.2. The molecule has 0 unspecified atom stereocenters. The lowest BCUT2D eigenvalue weighted by Gasteiger charge is -2.21. The summed E-state index contributed by atoms with van der Waals surface area (Å²) in [7, 11) is -3.85. The van der Waals surface area contributed by atoms with Crippen molar-refractivity contribution in [1.82, 2.24) is 14.3 Å². The van der Waals surface area contributed by atoms with E-state index in [9.17, 15) is 18.0 Å². The van der Waals surface area contributed by atoms with Gasteiger partial charge in [-0.15, -0.1) is 0 Å². The van der Waals surface area contributed by atoms with E-state index >= 15 is 0 Å². The topological polar surface area (TPSA) is 110 Å². The molecule has 0 aliphatic heterocycles. The molecule has 0 aliphatic rings. The van der Waals surface area contributed by atoms with Gasteiger partial charge in [0.05, 0.1) is 22.9 Å². The highest BCUT2D eigenvalue weighted by atomic mass is 32.2. The van der Waals surface area contributed by atoms with Gasteiger partial charge >= 0.3 is 0 Å². The number of rotatable bonds is 5. The maximum Gasteiger partial charge on any atom is 0.269 e. The maximum atomic E-state index is 12.7. The highest BCUT2D eigenvalue weighted by Gasteiger charge is 2.25. The van der Waals surface area contributed by atoms with E-state index < -0.39 is 27.0 Å². The fourth-order valence-corrected chi connectivity index (χ4v) is 4.46. The van der Waals surface area contributed by atoms with Crippen LogP contribution in [0.5, 0.6) is 0 Å². The number of carbonyl (C=O) groups is 1. The molecule has 1 amide bonds. The second-order valence-corrected chi connectivity index (χ2v) is 9.22. The van der Waals surface area contributed by atoms with Crippen LogP contribution in [0.15, 0.2) is 64.4 Å². The molecule has 152 valence electrons. The molecule has 9 heteroatoms. The molecule has 3 rings (SSSR count). The molecular weight excluding hydrogens is 392 g/mol. The molecule has 1 heterocycles. The minimum Gasteiger partial charge on any atom is -0.323 e. The first-order chi connectivity index (χ1) is 13.6. The predicted octanol–water partition coefficient (Wildman–Crippen LogP) is 2.11. The first kappa shape index (κ1) is 20.7. The summed E-state index contributed by atoms with van der Waals surface area (Å²) in [6.45, 7) is 4.91. The van der Waals surface area contributed by atoms with Crippen molar-refractivity contribution in [2.24, 2.45) is 0 Å². The molecule has 8 nitrogen and oxygen atoms in total. The minimum atomic E-state index is -3.85. The van der Waals surface area contributed by atoms with Crippen molar-refractivity contribution in [1.29, 1.82) is 0 Å². The minimum absolute atomic E-state index is 0.0461. The largest absolute Gasteiger partial charge is 0.323 e. The van der Waals surface area contributed by atoms with Gasteiger partial charge in [0.25, 0.3) is 5.56 Å². The van der Waals surface area contributed by atoms with E-state index in [4.69, 9.17) is 0 Å². The van der Waals surface area contributed by atoms with Gasteiger partial charge in [-0.25, -0.2) is 18.1 Å². The zero-order valence-corrected chi connectivity index (χ0v) is 17.2. The standard InChI is InChI=1S/C20H22N4O4S/c1-20(2,3)23-29(27,28)17-11-7-5-9-15(17)22-18(25)13-24-16-10-6-4-8-14(16)21-12-19(24)26/h4-12,23H,13H2,1-3H3,(H,22,25). The Hall–Kier alpha value is -3.04. The van der Waals surface area contributed by atoms with Crippen LogP contribution >= 0.6 is 0 Å². The summed E-state index contributed by atoms with van der Waals surface area (Å²) in [5.74, 6) is -0.526. The number of nitrogens with zero attached hydrogens (tertiary/aromatic N) is 2. The Balaban J connectivity index is 1.90. The Morgan fingerprint density at radius 2 is 1.72 bits per heavy atom. The van der Waals surface area contributed by atoms with Gasteiger partial charge in [0.1, 0.15) is 11.4 Å². The van der Waals surface area contributed by atoms with Crippen molar-refractivity contribution in [3.05, 3.63) is 65.1 Å². The lowest BCUT2D eigenvalue weighted by Crippen LogP contribution is -2.40. The zero-order valence-electron chi connectivity index (χ0n) is 16.3. The Labute approximate surface area is 168 Å². The Morgan fingerprint density at radius 1 is 1.07 bits per heavy atom. The van der Waals surface area contributed by atoms with E-state index in [2.05, 4.69) is 15.0 Å². The Kier molecular flexibility index (Phi) is 5.54. The quantitative estimate of drug-likeness (QED) is 0.664. The van der Waals surface area contributed by atoms with Crippen molar-refractivity contribution < 1.29 is 13.2 Å². The number of benzene rings is 2. The van der Waals surface area contributed by atoms with Crippen molar-refractivity contribution in [3.63, 3.8) is 0 Å². The van der Waals surface area contributed by atoms with Crippen LogP contribution in [0.4, 0.5) is 5.69 Å². The molecule has 0 atom stereocenters. The number of amides is 1. The second kappa shape index (κ2) is 7.76. The summed E-state index contributed by atoms with van der Waals surface area (Å²) in [5.41, 5.74) is 0.136. The van der Waals surface area contributed by atoms with E-state index in [1.54, 1.807) is 57.2 Å². The highest BCUT2D eigenvalue weighted by Crippen LogP contribution is 2.22. The molecule has 0 aliphatic carbocycles. The van der Waals surface area contributed by atoms with E-state index in [1.807, 2.05) is 0 Å². The molecule has 29 heavy (non-hydrogen) atoms. The predicted molar refractivity (Wildman–Crippen MR) is 111 cm³/mol. The molecule has 0 spiro atoms. The SMILES string of the molecule is CC(C)(C)NS(=O)(=O)c1ccccc1NC(=O)Cn1c(=O)cnc2ccccc21. The first-order valence-electron chi connectivity index (χ1n) is 8.94. The molecule has 0 radical (unpaired) electrons. The first-order valence-corrected chi connectivity index (χ1v) is 10.4. The Morgan fingerprint density at radius 3 is 2.45 bits per heavy atom. The van der Waals surface area contributed by atoms with Gasteiger partial charge in [-0.2, -0.15) is 0 Å². The number of aromatic nitrogens is 2. The number of anilines is 1. The van der Waals surface area contributed by atoms with E-state index in [1.165, 1.54) is 16.7 Å². The van der Waals surface area contributed by atoms with E-state index in [-0.39, 0.29) is 17.1 Å². The normalized spacial score (nSPS) is 12.1. The molecule has 3 aromatic rings. The van der Waals surface area contributed by atoms with Crippen LogP contribution in [-0.4, -0.2) is 29.4 Å². The van der Waals surface area contributed by atoms with Crippen LogP contribution in [0.2, 0.25) is 0 Å². The van der Waals surface area contributed by atoms with Crippen LogP contribution < -0.4 is 15.6 Å². The molecule has 0 saturated carbocycles. The van der Waals surface area contributed by atoms with Gasteiger partial charge in [-0.05, 0) is 45.0 Å². The van der Waals surface area contributed by atoms with Gasteiger partial charge < -0.3 is 5.32 Å². The van der Waals surface area contributed by atoms with Crippen molar-refractivity contribution >= 4 is 32.7 Å².